The van der Waals surface area contributed by atoms with E-state index in [0.717, 1.165) is 13.0 Å². The van der Waals surface area contributed by atoms with E-state index in [1.54, 1.807) is 0 Å². The molecule has 1 N–H and O–H groups in total. The van der Waals surface area contributed by atoms with Crippen molar-refractivity contribution in [3.8, 4) is 0 Å². The van der Waals surface area contributed by atoms with Gasteiger partial charge in [-0.2, -0.15) is 0 Å². The van der Waals surface area contributed by atoms with Crippen LogP contribution in [0.3, 0.4) is 0 Å². The van der Waals surface area contributed by atoms with Crippen LogP contribution in [0.2, 0.25) is 0 Å². The van der Waals surface area contributed by atoms with E-state index < -0.39 is 5.92 Å². The van der Waals surface area contributed by atoms with Crippen molar-refractivity contribution in [2.24, 2.45) is 0 Å². The molecule has 1 heterocycles. The third-order valence-electron chi connectivity index (χ3n) is 3.45. The molecule has 2 atom stereocenters. The molecular formula is C10H18F2N2. The molecule has 0 aromatic rings. The third kappa shape index (κ3) is 2.06. The van der Waals surface area contributed by atoms with E-state index in [-0.39, 0.29) is 18.9 Å². The standard InChI is InChI=1S/C10H18F2N2/c1-7-3-8(6-14(7)2)13-9-4-10(11,12)5-9/h7-9,13H,3-6H2,1-2H3. The molecule has 82 valence electrons. The Morgan fingerprint density at radius 1 is 1.29 bits per heavy atom. The van der Waals surface area contributed by atoms with Crippen LogP contribution in [0.1, 0.15) is 26.2 Å². The highest BCUT2D eigenvalue weighted by atomic mass is 19.3. The van der Waals surface area contributed by atoms with Gasteiger partial charge in [0.2, 0.25) is 0 Å². The molecule has 0 amide bonds. The van der Waals surface area contributed by atoms with Crippen LogP contribution in [-0.4, -0.2) is 42.5 Å². The van der Waals surface area contributed by atoms with Gasteiger partial charge in [-0.3, -0.25) is 0 Å². The second-order valence-electron chi connectivity index (χ2n) is 4.85. The highest BCUT2D eigenvalue weighted by molar-refractivity contribution is 4.95. The predicted octanol–water partition coefficient (Wildman–Crippen LogP) is 1.47. The number of nitrogens with zero attached hydrogens (tertiary/aromatic N) is 1. The molecule has 2 rings (SSSR count). The monoisotopic (exact) mass is 204 g/mol. The molecule has 1 saturated carbocycles. The topological polar surface area (TPSA) is 15.3 Å². The predicted molar refractivity (Wildman–Crippen MR) is 51.6 cm³/mol. The van der Waals surface area contributed by atoms with E-state index in [1.807, 2.05) is 0 Å². The van der Waals surface area contributed by atoms with Crippen LogP contribution in [0.25, 0.3) is 0 Å². The molecule has 2 fully saturated rings. The number of hydrogen-bond acceptors (Lipinski definition) is 2. The van der Waals surface area contributed by atoms with Gasteiger partial charge < -0.3 is 10.2 Å². The molecule has 2 unspecified atom stereocenters. The SMILES string of the molecule is CC1CC(NC2CC(F)(F)C2)CN1C. The Kier molecular flexibility index (Phi) is 2.52. The number of hydrogen-bond donors (Lipinski definition) is 1. The van der Waals surface area contributed by atoms with Gasteiger partial charge in [0, 0.05) is 37.5 Å². The Morgan fingerprint density at radius 2 is 1.93 bits per heavy atom. The smallest absolute Gasteiger partial charge is 0.251 e. The first-order chi connectivity index (χ1) is 6.46. The highest BCUT2D eigenvalue weighted by Crippen LogP contribution is 2.38. The molecule has 0 aromatic carbocycles. The van der Waals surface area contributed by atoms with Crippen molar-refractivity contribution in [3.05, 3.63) is 0 Å². The zero-order valence-corrected chi connectivity index (χ0v) is 8.76. The van der Waals surface area contributed by atoms with Crippen molar-refractivity contribution in [2.45, 2.75) is 50.2 Å². The fourth-order valence-electron chi connectivity index (χ4n) is 2.43. The van der Waals surface area contributed by atoms with E-state index in [2.05, 4.69) is 24.2 Å². The summed E-state index contributed by atoms with van der Waals surface area (Å²) < 4.78 is 25.1. The molecule has 1 aliphatic carbocycles. The summed E-state index contributed by atoms with van der Waals surface area (Å²) in [6.45, 7) is 3.17. The lowest BCUT2D eigenvalue weighted by atomic mass is 9.87. The largest absolute Gasteiger partial charge is 0.309 e. The molecule has 0 spiro atoms. The van der Waals surface area contributed by atoms with Crippen LogP contribution >= 0.6 is 0 Å². The van der Waals surface area contributed by atoms with Crippen molar-refractivity contribution in [3.63, 3.8) is 0 Å². The van der Waals surface area contributed by atoms with E-state index in [1.165, 1.54) is 0 Å². The van der Waals surface area contributed by atoms with Crippen LogP contribution in [0, 0.1) is 0 Å². The molecular weight excluding hydrogens is 186 g/mol. The first kappa shape index (κ1) is 10.3. The van der Waals surface area contributed by atoms with Crippen molar-refractivity contribution in [1.82, 2.24) is 10.2 Å². The van der Waals surface area contributed by atoms with Gasteiger partial charge in [-0.25, -0.2) is 8.78 Å². The van der Waals surface area contributed by atoms with Crippen molar-refractivity contribution < 1.29 is 8.78 Å². The van der Waals surface area contributed by atoms with Crippen LogP contribution in [0.5, 0.6) is 0 Å². The average Bonchev–Trinajstić information content (AvgIpc) is 2.27. The minimum absolute atomic E-state index is 0.0294. The zero-order valence-electron chi connectivity index (χ0n) is 8.76. The molecule has 2 aliphatic rings. The molecule has 0 aromatic heterocycles. The summed E-state index contributed by atoms with van der Waals surface area (Å²) >= 11 is 0. The fourth-order valence-corrected chi connectivity index (χ4v) is 2.43. The molecule has 0 bridgehead atoms. The summed E-state index contributed by atoms with van der Waals surface area (Å²) in [5, 5.41) is 3.31. The van der Waals surface area contributed by atoms with Gasteiger partial charge in [-0.05, 0) is 20.4 Å². The van der Waals surface area contributed by atoms with E-state index in [9.17, 15) is 8.78 Å². The first-order valence-corrected chi connectivity index (χ1v) is 5.30. The Balaban J connectivity index is 1.73. The number of likely N-dealkylation sites (tertiary alicyclic amines) is 1. The maximum Gasteiger partial charge on any atom is 0.251 e. The zero-order chi connectivity index (χ0) is 10.3. The first-order valence-electron chi connectivity index (χ1n) is 5.30. The summed E-state index contributed by atoms with van der Waals surface area (Å²) in [7, 11) is 2.09. The van der Waals surface area contributed by atoms with Gasteiger partial charge in [-0.1, -0.05) is 0 Å². The van der Waals surface area contributed by atoms with E-state index in [0.29, 0.717) is 12.1 Å². The van der Waals surface area contributed by atoms with Crippen molar-refractivity contribution >= 4 is 0 Å². The van der Waals surface area contributed by atoms with Gasteiger partial charge >= 0.3 is 0 Å². The van der Waals surface area contributed by atoms with Crippen LogP contribution in [0.4, 0.5) is 8.78 Å². The van der Waals surface area contributed by atoms with Crippen LogP contribution in [-0.2, 0) is 0 Å². The molecule has 4 heteroatoms. The Morgan fingerprint density at radius 3 is 2.36 bits per heavy atom. The number of likely N-dealkylation sites (N-methyl/N-ethyl adjacent to an activating group) is 1. The lowest BCUT2D eigenvalue weighted by molar-refractivity contribution is -0.0944. The van der Waals surface area contributed by atoms with Gasteiger partial charge in [-0.15, -0.1) is 0 Å². The van der Waals surface area contributed by atoms with E-state index in [4.69, 9.17) is 0 Å². The lowest BCUT2D eigenvalue weighted by Crippen LogP contribution is -2.52. The van der Waals surface area contributed by atoms with E-state index >= 15 is 0 Å². The Labute approximate surface area is 83.7 Å². The summed E-state index contributed by atoms with van der Waals surface area (Å²) in [6, 6.07) is 1.04. The number of alkyl halides is 2. The summed E-state index contributed by atoms with van der Waals surface area (Å²) in [4.78, 5) is 2.27. The van der Waals surface area contributed by atoms with Crippen molar-refractivity contribution in [2.75, 3.05) is 13.6 Å². The van der Waals surface area contributed by atoms with Crippen LogP contribution < -0.4 is 5.32 Å². The average molecular weight is 204 g/mol. The van der Waals surface area contributed by atoms with Gasteiger partial charge in [0.15, 0.2) is 0 Å². The minimum atomic E-state index is -2.40. The van der Waals surface area contributed by atoms with Crippen molar-refractivity contribution in [1.29, 1.82) is 0 Å². The maximum atomic E-state index is 12.6. The molecule has 1 saturated heterocycles. The summed E-state index contributed by atoms with van der Waals surface area (Å²) in [5.41, 5.74) is 0. The minimum Gasteiger partial charge on any atom is -0.309 e. The normalized spacial score (nSPS) is 38.6. The Bertz CT molecular complexity index is 202. The third-order valence-corrected chi connectivity index (χ3v) is 3.45. The Hall–Kier alpha value is -0.220. The second kappa shape index (κ2) is 3.42. The second-order valence-corrected chi connectivity index (χ2v) is 4.85. The molecule has 14 heavy (non-hydrogen) atoms. The highest BCUT2D eigenvalue weighted by Gasteiger charge is 2.46. The lowest BCUT2D eigenvalue weighted by Gasteiger charge is -2.37. The maximum absolute atomic E-state index is 12.6. The number of rotatable bonds is 2. The van der Waals surface area contributed by atoms with Gasteiger partial charge in [0.1, 0.15) is 0 Å². The molecule has 1 aliphatic heterocycles. The summed E-state index contributed by atoms with van der Waals surface area (Å²) in [6.07, 6.45) is 1.14. The van der Waals surface area contributed by atoms with Crippen LogP contribution in [0.15, 0.2) is 0 Å². The van der Waals surface area contributed by atoms with Gasteiger partial charge in [0.05, 0.1) is 0 Å². The summed E-state index contributed by atoms with van der Waals surface area (Å²) in [5.74, 6) is -2.40. The fraction of sp³-hybridized carbons (Fsp3) is 1.00. The molecule has 0 radical (unpaired) electrons. The molecule has 2 nitrogen and oxygen atoms in total. The van der Waals surface area contributed by atoms with Gasteiger partial charge in [0.25, 0.3) is 5.92 Å². The number of nitrogens with one attached hydrogen (secondary N) is 1. The quantitative estimate of drug-likeness (QED) is 0.732. The number of halogens is 2.